The number of hydrogen-bond acceptors (Lipinski definition) is 2. The fraction of sp³-hybridized carbons (Fsp3) is 0.357. The van der Waals surface area contributed by atoms with Gasteiger partial charge in [0.25, 0.3) is 0 Å². The number of halogens is 1. The molecule has 1 aliphatic rings. The van der Waals surface area contributed by atoms with E-state index in [4.69, 9.17) is 0 Å². The molecule has 1 aromatic carbocycles. The van der Waals surface area contributed by atoms with Crippen molar-refractivity contribution in [2.45, 2.75) is 18.8 Å². The summed E-state index contributed by atoms with van der Waals surface area (Å²) in [4.78, 5) is 0. The molecule has 0 bridgehead atoms. The van der Waals surface area contributed by atoms with E-state index < -0.39 is 0 Å². The van der Waals surface area contributed by atoms with Crippen LogP contribution < -0.4 is 5.32 Å². The largest absolute Gasteiger partial charge is 0.317 e. The van der Waals surface area contributed by atoms with Gasteiger partial charge in [-0.05, 0) is 43.6 Å². The number of nitrogens with zero attached hydrogens (tertiary/aromatic N) is 1. The second kappa shape index (κ2) is 4.90. The molecule has 94 valence electrons. The Kier molecular flexibility index (Phi) is 3.11. The van der Waals surface area contributed by atoms with Gasteiger partial charge in [0, 0.05) is 17.2 Å². The number of H-pyrrole nitrogens is 1. The van der Waals surface area contributed by atoms with E-state index in [0.29, 0.717) is 5.92 Å². The summed E-state index contributed by atoms with van der Waals surface area (Å²) in [6.45, 7) is 2.10. The number of nitrogens with one attached hydrogen (secondary N) is 2. The van der Waals surface area contributed by atoms with Crippen molar-refractivity contribution in [3.8, 4) is 11.1 Å². The Hall–Kier alpha value is -1.68. The van der Waals surface area contributed by atoms with Gasteiger partial charge >= 0.3 is 0 Å². The molecule has 0 atom stereocenters. The first-order valence-electron chi connectivity index (χ1n) is 6.34. The van der Waals surface area contributed by atoms with Crippen molar-refractivity contribution in [2.75, 3.05) is 13.1 Å². The lowest BCUT2D eigenvalue weighted by molar-refractivity contribution is 0.453. The van der Waals surface area contributed by atoms with Crippen LogP contribution in [0.25, 0.3) is 11.1 Å². The molecular weight excluding hydrogens is 229 g/mol. The van der Waals surface area contributed by atoms with Crippen molar-refractivity contribution in [3.05, 3.63) is 42.0 Å². The Labute approximate surface area is 105 Å². The fourth-order valence-electron chi connectivity index (χ4n) is 2.58. The highest BCUT2D eigenvalue weighted by Gasteiger charge is 2.20. The van der Waals surface area contributed by atoms with Gasteiger partial charge < -0.3 is 5.32 Å². The zero-order valence-corrected chi connectivity index (χ0v) is 10.1. The Balaban J connectivity index is 1.93. The van der Waals surface area contributed by atoms with Crippen LogP contribution in [0.5, 0.6) is 0 Å². The zero-order chi connectivity index (χ0) is 12.4. The smallest absolute Gasteiger partial charge is 0.123 e. The van der Waals surface area contributed by atoms with Gasteiger partial charge in [-0.1, -0.05) is 12.1 Å². The Morgan fingerprint density at radius 2 is 1.83 bits per heavy atom. The van der Waals surface area contributed by atoms with Gasteiger partial charge in [-0.2, -0.15) is 5.10 Å². The van der Waals surface area contributed by atoms with Gasteiger partial charge in [0.1, 0.15) is 5.82 Å². The molecule has 1 fully saturated rings. The summed E-state index contributed by atoms with van der Waals surface area (Å²) in [7, 11) is 0. The minimum Gasteiger partial charge on any atom is -0.317 e. The monoisotopic (exact) mass is 245 g/mol. The van der Waals surface area contributed by atoms with Gasteiger partial charge in [-0.3, -0.25) is 5.10 Å². The highest BCUT2D eigenvalue weighted by molar-refractivity contribution is 5.65. The molecule has 0 radical (unpaired) electrons. The van der Waals surface area contributed by atoms with E-state index in [1.54, 1.807) is 0 Å². The Morgan fingerprint density at radius 1 is 1.11 bits per heavy atom. The SMILES string of the molecule is Fc1ccc(-c2cn[nH]c2C2CCNCC2)cc1. The van der Waals surface area contributed by atoms with Crippen molar-refractivity contribution in [3.63, 3.8) is 0 Å². The molecule has 0 spiro atoms. The third kappa shape index (κ3) is 2.16. The Bertz CT molecular complexity index is 512. The summed E-state index contributed by atoms with van der Waals surface area (Å²) in [6, 6.07) is 6.61. The van der Waals surface area contributed by atoms with Crippen LogP contribution in [0.3, 0.4) is 0 Å². The van der Waals surface area contributed by atoms with E-state index in [1.165, 1.54) is 17.8 Å². The fourth-order valence-corrected chi connectivity index (χ4v) is 2.58. The van der Waals surface area contributed by atoms with Crippen molar-refractivity contribution in [1.29, 1.82) is 0 Å². The van der Waals surface area contributed by atoms with E-state index in [2.05, 4.69) is 15.5 Å². The number of hydrogen-bond donors (Lipinski definition) is 2. The highest BCUT2D eigenvalue weighted by atomic mass is 19.1. The number of aromatic amines is 1. The normalized spacial score (nSPS) is 16.9. The lowest BCUT2D eigenvalue weighted by atomic mass is 9.90. The van der Waals surface area contributed by atoms with Crippen molar-refractivity contribution in [1.82, 2.24) is 15.5 Å². The summed E-state index contributed by atoms with van der Waals surface area (Å²) in [5.41, 5.74) is 3.31. The molecule has 2 aromatic rings. The lowest BCUT2D eigenvalue weighted by Crippen LogP contribution is -2.27. The molecule has 4 heteroatoms. The van der Waals surface area contributed by atoms with E-state index in [-0.39, 0.29) is 5.82 Å². The van der Waals surface area contributed by atoms with Crippen molar-refractivity contribution < 1.29 is 4.39 Å². The molecule has 0 unspecified atom stereocenters. The molecule has 0 amide bonds. The van der Waals surface area contributed by atoms with Crippen LogP contribution in [-0.4, -0.2) is 23.3 Å². The minimum absolute atomic E-state index is 0.203. The lowest BCUT2D eigenvalue weighted by Gasteiger charge is -2.22. The number of rotatable bonds is 2. The van der Waals surface area contributed by atoms with E-state index in [9.17, 15) is 4.39 Å². The molecular formula is C14H16FN3. The average Bonchev–Trinajstić information content (AvgIpc) is 2.90. The second-order valence-corrected chi connectivity index (χ2v) is 4.73. The number of benzene rings is 1. The molecule has 2 heterocycles. The topological polar surface area (TPSA) is 40.7 Å². The molecule has 1 saturated heterocycles. The van der Waals surface area contributed by atoms with Gasteiger partial charge in [-0.15, -0.1) is 0 Å². The molecule has 3 rings (SSSR count). The average molecular weight is 245 g/mol. The maximum atomic E-state index is 13.0. The third-order valence-corrected chi connectivity index (χ3v) is 3.57. The van der Waals surface area contributed by atoms with Crippen LogP contribution in [0.2, 0.25) is 0 Å². The maximum Gasteiger partial charge on any atom is 0.123 e. The first-order chi connectivity index (χ1) is 8.84. The standard InChI is InChI=1S/C14H16FN3/c15-12-3-1-10(2-4-12)13-9-17-18-14(13)11-5-7-16-8-6-11/h1-4,9,11,16H,5-8H2,(H,17,18). The van der Waals surface area contributed by atoms with E-state index >= 15 is 0 Å². The molecule has 18 heavy (non-hydrogen) atoms. The van der Waals surface area contributed by atoms with Gasteiger partial charge in [0.15, 0.2) is 0 Å². The molecule has 0 saturated carbocycles. The molecule has 2 N–H and O–H groups in total. The van der Waals surface area contributed by atoms with Gasteiger partial charge in [0.05, 0.1) is 6.20 Å². The van der Waals surface area contributed by atoms with Crippen LogP contribution >= 0.6 is 0 Å². The van der Waals surface area contributed by atoms with Gasteiger partial charge in [-0.25, -0.2) is 4.39 Å². The number of piperidine rings is 1. The third-order valence-electron chi connectivity index (χ3n) is 3.57. The number of aromatic nitrogens is 2. The summed E-state index contributed by atoms with van der Waals surface area (Å²) >= 11 is 0. The van der Waals surface area contributed by atoms with E-state index in [1.807, 2.05) is 18.3 Å². The van der Waals surface area contributed by atoms with E-state index in [0.717, 1.165) is 37.1 Å². The highest BCUT2D eigenvalue weighted by Crippen LogP contribution is 2.32. The molecule has 1 aromatic heterocycles. The first kappa shape index (κ1) is 11.4. The maximum absolute atomic E-state index is 13.0. The summed E-state index contributed by atoms with van der Waals surface area (Å²) in [5.74, 6) is 0.319. The van der Waals surface area contributed by atoms with Crippen LogP contribution in [0.1, 0.15) is 24.5 Å². The minimum atomic E-state index is -0.203. The van der Waals surface area contributed by atoms with Crippen LogP contribution in [0.15, 0.2) is 30.5 Å². The summed E-state index contributed by atoms with van der Waals surface area (Å²) in [5, 5.41) is 10.6. The zero-order valence-electron chi connectivity index (χ0n) is 10.1. The van der Waals surface area contributed by atoms with Crippen LogP contribution in [0.4, 0.5) is 4.39 Å². The molecule has 3 nitrogen and oxygen atoms in total. The van der Waals surface area contributed by atoms with Crippen molar-refractivity contribution >= 4 is 0 Å². The predicted octanol–water partition coefficient (Wildman–Crippen LogP) is 2.68. The second-order valence-electron chi connectivity index (χ2n) is 4.73. The molecule has 1 aliphatic heterocycles. The Morgan fingerprint density at radius 3 is 2.56 bits per heavy atom. The van der Waals surface area contributed by atoms with Crippen molar-refractivity contribution in [2.24, 2.45) is 0 Å². The molecule has 0 aliphatic carbocycles. The quantitative estimate of drug-likeness (QED) is 0.854. The van der Waals surface area contributed by atoms with Gasteiger partial charge in [0.2, 0.25) is 0 Å². The predicted molar refractivity (Wildman–Crippen MR) is 68.8 cm³/mol. The summed E-state index contributed by atoms with van der Waals surface area (Å²) < 4.78 is 13.0. The van der Waals surface area contributed by atoms with Crippen LogP contribution in [-0.2, 0) is 0 Å². The summed E-state index contributed by atoms with van der Waals surface area (Å²) in [6.07, 6.45) is 4.08. The van der Waals surface area contributed by atoms with Crippen LogP contribution in [0, 0.1) is 5.82 Å². The first-order valence-corrected chi connectivity index (χ1v) is 6.34.